The maximum atomic E-state index is 14.9. The molecule has 2 aliphatic rings. The van der Waals surface area contributed by atoms with E-state index in [1.807, 2.05) is 46.2 Å². The Hall–Kier alpha value is -3.32. The number of carbonyl (C=O) groups excluding carboxylic acids is 1. The first-order chi connectivity index (χ1) is 16.1. The molecule has 0 aliphatic carbocycles. The number of benzene rings is 2. The number of ether oxygens (including phenoxy) is 1. The molecule has 1 aromatic heterocycles. The van der Waals surface area contributed by atoms with Gasteiger partial charge in [-0.1, -0.05) is 24.3 Å². The van der Waals surface area contributed by atoms with Gasteiger partial charge < -0.3 is 9.64 Å². The average Bonchev–Trinajstić information content (AvgIpc) is 3.47. The minimum atomic E-state index is -0.726. The molecule has 0 bridgehead atoms. The second kappa shape index (κ2) is 8.90. The van der Waals surface area contributed by atoms with Gasteiger partial charge in [0.15, 0.2) is 11.6 Å². The smallest absolute Gasteiger partial charge is 0.245 e. The first-order valence-corrected chi connectivity index (χ1v) is 11.1. The fourth-order valence-electron chi connectivity index (χ4n) is 5.09. The quantitative estimate of drug-likeness (QED) is 0.562. The highest BCUT2D eigenvalue weighted by atomic mass is 19.1. The van der Waals surface area contributed by atoms with E-state index in [0.717, 1.165) is 29.5 Å². The molecule has 1 fully saturated rings. The third-order valence-electron chi connectivity index (χ3n) is 6.68. The van der Waals surface area contributed by atoms with E-state index >= 15 is 0 Å². The largest absolute Gasteiger partial charge is 0.494 e. The molecule has 2 aromatic carbocycles. The number of aromatic nitrogens is 1. The zero-order chi connectivity index (χ0) is 22.9. The highest BCUT2D eigenvalue weighted by Gasteiger charge is 2.41. The van der Waals surface area contributed by atoms with Crippen LogP contribution in [0.15, 0.2) is 60.9 Å². The molecule has 0 spiro atoms. The van der Waals surface area contributed by atoms with Crippen molar-refractivity contribution in [1.82, 2.24) is 14.8 Å². The highest BCUT2D eigenvalue weighted by Crippen LogP contribution is 2.41. The maximum absolute atomic E-state index is 14.9. The molecule has 0 saturated carbocycles. The van der Waals surface area contributed by atoms with E-state index in [2.05, 4.69) is 4.98 Å². The van der Waals surface area contributed by atoms with Crippen molar-refractivity contribution in [1.29, 1.82) is 0 Å². The van der Waals surface area contributed by atoms with Gasteiger partial charge in [-0.15, -0.1) is 0 Å². The third-order valence-corrected chi connectivity index (χ3v) is 6.68. The van der Waals surface area contributed by atoms with E-state index in [4.69, 9.17) is 4.74 Å². The summed E-state index contributed by atoms with van der Waals surface area (Å²) in [5.74, 6) is -1.42. The number of amides is 1. The lowest BCUT2D eigenvalue weighted by Gasteiger charge is -2.32. The lowest BCUT2D eigenvalue weighted by molar-refractivity contribution is -0.138. The fourth-order valence-corrected chi connectivity index (χ4v) is 5.09. The predicted octanol–water partition coefficient (Wildman–Crippen LogP) is 4.79. The van der Waals surface area contributed by atoms with Crippen LogP contribution in [-0.4, -0.2) is 34.3 Å². The lowest BCUT2D eigenvalue weighted by Crippen LogP contribution is -2.40. The first kappa shape index (κ1) is 21.5. The van der Waals surface area contributed by atoms with Crippen LogP contribution in [0.1, 0.15) is 47.2 Å². The van der Waals surface area contributed by atoms with E-state index in [1.165, 1.54) is 19.2 Å². The molecular weight excluding hydrogens is 424 g/mol. The topological polar surface area (TPSA) is 45.7 Å². The molecule has 0 radical (unpaired) electrons. The molecule has 3 aromatic rings. The molecule has 1 saturated heterocycles. The Balaban J connectivity index is 1.49. The Morgan fingerprint density at radius 1 is 1.12 bits per heavy atom. The summed E-state index contributed by atoms with van der Waals surface area (Å²) in [5, 5.41) is 0. The molecule has 7 heteroatoms. The maximum Gasteiger partial charge on any atom is 0.245 e. The summed E-state index contributed by atoms with van der Waals surface area (Å²) in [6.45, 7) is 1.06. The second-order valence-corrected chi connectivity index (χ2v) is 8.52. The van der Waals surface area contributed by atoms with Gasteiger partial charge in [-0.05, 0) is 53.8 Å². The summed E-state index contributed by atoms with van der Waals surface area (Å²) in [4.78, 5) is 21.8. The van der Waals surface area contributed by atoms with Crippen molar-refractivity contribution in [2.75, 3.05) is 13.7 Å². The number of hydrogen-bond donors (Lipinski definition) is 0. The number of hydrogen-bond acceptors (Lipinski definition) is 4. The molecule has 170 valence electrons. The number of nitrogens with zero attached hydrogens (tertiary/aromatic N) is 3. The van der Waals surface area contributed by atoms with Crippen LogP contribution < -0.4 is 4.74 Å². The van der Waals surface area contributed by atoms with Crippen LogP contribution in [-0.2, 0) is 17.9 Å². The molecule has 2 aliphatic heterocycles. The number of fused-ring (bicyclic) bond motifs is 1. The first-order valence-electron chi connectivity index (χ1n) is 11.1. The molecule has 33 heavy (non-hydrogen) atoms. The Labute approximate surface area is 191 Å². The highest BCUT2D eigenvalue weighted by molar-refractivity contribution is 5.85. The summed E-state index contributed by atoms with van der Waals surface area (Å²) in [5.41, 5.74) is 2.86. The Kier molecular flexibility index (Phi) is 5.81. The molecule has 5 nitrogen and oxygen atoms in total. The Morgan fingerprint density at radius 2 is 1.91 bits per heavy atom. The van der Waals surface area contributed by atoms with E-state index < -0.39 is 17.7 Å². The van der Waals surface area contributed by atoms with Crippen LogP contribution >= 0.6 is 0 Å². The van der Waals surface area contributed by atoms with Gasteiger partial charge in [0.05, 0.1) is 13.2 Å². The van der Waals surface area contributed by atoms with E-state index in [-0.39, 0.29) is 29.8 Å². The molecule has 5 rings (SSSR count). The summed E-state index contributed by atoms with van der Waals surface area (Å²) >= 11 is 0. The standard InChI is InChI=1S/C26H25F2N3O2/c1-33-23-9-8-21(27)20(24(23)28)16-30-15-18-5-2-3-6-19(18)25(30)26(32)31-14-4-7-22(31)17-10-12-29-13-11-17/h2-3,5-6,8-13,22,25H,4,7,14-16H2,1H3. The zero-order valence-corrected chi connectivity index (χ0v) is 18.4. The SMILES string of the molecule is COc1ccc(F)c(CN2Cc3ccccc3C2C(=O)N2CCCC2c2ccncc2)c1F. The van der Waals surface area contributed by atoms with Gasteiger partial charge in [-0.2, -0.15) is 0 Å². The van der Waals surface area contributed by atoms with Gasteiger partial charge in [0.2, 0.25) is 5.91 Å². The summed E-state index contributed by atoms with van der Waals surface area (Å²) in [6, 6.07) is 13.5. The number of halogens is 2. The van der Waals surface area contributed by atoms with Crippen molar-refractivity contribution in [2.24, 2.45) is 0 Å². The zero-order valence-electron chi connectivity index (χ0n) is 18.4. The van der Waals surface area contributed by atoms with E-state index in [0.29, 0.717) is 13.1 Å². The Morgan fingerprint density at radius 3 is 2.70 bits per heavy atom. The van der Waals surface area contributed by atoms with Crippen LogP contribution in [0, 0.1) is 11.6 Å². The third kappa shape index (κ3) is 3.86. The summed E-state index contributed by atoms with van der Waals surface area (Å²) in [6.07, 6.45) is 5.26. The molecule has 1 amide bonds. The van der Waals surface area contributed by atoms with Gasteiger partial charge in [-0.3, -0.25) is 14.7 Å². The lowest BCUT2D eigenvalue weighted by atomic mass is 10.0. The van der Waals surface area contributed by atoms with E-state index in [1.54, 1.807) is 12.4 Å². The predicted molar refractivity (Wildman–Crippen MR) is 119 cm³/mol. The van der Waals surface area contributed by atoms with Crippen LogP contribution in [0.4, 0.5) is 8.78 Å². The molecule has 3 heterocycles. The number of pyridine rings is 1. The number of likely N-dealkylation sites (tertiary alicyclic amines) is 1. The summed E-state index contributed by atoms with van der Waals surface area (Å²) < 4.78 is 34.6. The van der Waals surface area contributed by atoms with Crippen molar-refractivity contribution in [3.05, 3.63) is 94.8 Å². The average molecular weight is 450 g/mol. The van der Waals surface area contributed by atoms with Crippen LogP contribution in [0.2, 0.25) is 0 Å². The van der Waals surface area contributed by atoms with Crippen molar-refractivity contribution < 1.29 is 18.3 Å². The Bertz CT molecular complexity index is 1170. The normalized spacial score (nSPS) is 20.2. The van der Waals surface area contributed by atoms with Crippen molar-refractivity contribution in [3.8, 4) is 5.75 Å². The van der Waals surface area contributed by atoms with Crippen molar-refractivity contribution in [3.63, 3.8) is 0 Å². The van der Waals surface area contributed by atoms with Gasteiger partial charge >= 0.3 is 0 Å². The van der Waals surface area contributed by atoms with Gasteiger partial charge in [-0.25, -0.2) is 8.78 Å². The molecular formula is C26H25F2N3O2. The van der Waals surface area contributed by atoms with Gasteiger partial charge in [0.25, 0.3) is 0 Å². The van der Waals surface area contributed by atoms with Crippen molar-refractivity contribution in [2.45, 2.75) is 38.0 Å². The van der Waals surface area contributed by atoms with Crippen LogP contribution in [0.25, 0.3) is 0 Å². The fraction of sp³-hybridized carbons (Fsp3) is 0.308. The monoisotopic (exact) mass is 449 g/mol. The summed E-state index contributed by atoms with van der Waals surface area (Å²) in [7, 11) is 1.35. The number of rotatable bonds is 5. The second-order valence-electron chi connectivity index (χ2n) is 8.52. The molecule has 0 N–H and O–H groups in total. The van der Waals surface area contributed by atoms with Crippen LogP contribution in [0.3, 0.4) is 0 Å². The number of carbonyl (C=O) groups is 1. The van der Waals surface area contributed by atoms with E-state index in [9.17, 15) is 13.6 Å². The molecule has 2 unspecified atom stereocenters. The van der Waals surface area contributed by atoms with Gasteiger partial charge in [0, 0.05) is 37.6 Å². The van der Waals surface area contributed by atoms with Crippen LogP contribution in [0.5, 0.6) is 5.75 Å². The van der Waals surface area contributed by atoms with Crippen molar-refractivity contribution >= 4 is 5.91 Å². The molecule has 2 atom stereocenters. The van der Waals surface area contributed by atoms with Gasteiger partial charge in [0.1, 0.15) is 11.9 Å². The minimum Gasteiger partial charge on any atom is -0.494 e. The number of methoxy groups -OCH3 is 1. The minimum absolute atomic E-state index is 0.0109.